The minimum absolute atomic E-state index is 0.279. The van der Waals surface area contributed by atoms with Crippen LogP contribution in [0.5, 0.6) is 0 Å². The predicted octanol–water partition coefficient (Wildman–Crippen LogP) is 2.46. The number of benzene rings is 1. The van der Waals surface area contributed by atoms with Crippen LogP contribution >= 0.6 is 0 Å². The fourth-order valence-corrected chi connectivity index (χ4v) is 1.26. The van der Waals surface area contributed by atoms with E-state index >= 15 is 0 Å². The Kier molecular flexibility index (Phi) is 1.33. The lowest BCUT2D eigenvalue weighted by atomic mass is 10.1. The van der Waals surface area contributed by atoms with Gasteiger partial charge < -0.3 is 10.2 Å². The van der Waals surface area contributed by atoms with Crippen molar-refractivity contribution in [2.24, 2.45) is 0 Å². The zero-order valence-electron chi connectivity index (χ0n) is 6.60. The third-order valence-corrected chi connectivity index (χ3v) is 2.00. The Labute approximate surface area is 68.8 Å². The average molecular weight is 165 g/mol. The van der Waals surface area contributed by atoms with Crippen molar-refractivity contribution in [3.8, 4) is 0 Å². The molecule has 0 unspecified atom stereocenters. The van der Waals surface area contributed by atoms with E-state index in [2.05, 4.69) is 0 Å². The topological polar surface area (TPSA) is 39.2 Å². The van der Waals surface area contributed by atoms with E-state index in [1.54, 1.807) is 6.07 Å². The predicted molar refractivity (Wildman–Crippen MR) is 45.3 cm³/mol. The van der Waals surface area contributed by atoms with Crippen LogP contribution in [0.2, 0.25) is 0 Å². The molecule has 2 rings (SSSR count). The van der Waals surface area contributed by atoms with Gasteiger partial charge in [-0.15, -0.1) is 0 Å². The zero-order valence-corrected chi connectivity index (χ0v) is 6.60. The first-order chi connectivity index (χ1) is 5.70. The van der Waals surface area contributed by atoms with Crippen molar-refractivity contribution in [1.29, 1.82) is 0 Å². The van der Waals surface area contributed by atoms with Gasteiger partial charge in [-0.3, -0.25) is 0 Å². The monoisotopic (exact) mass is 165 g/mol. The molecular weight excluding hydrogens is 157 g/mol. The number of rotatable bonds is 0. The normalized spacial score (nSPS) is 10.8. The first kappa shape index (κ1) is 7.16. The van der Waals surface area contributed by atoms with Crippen molar-refractivity contribution in [3.63, 3.8) is 0 Å². The van der Waals surface area contributed by atoms with Crippen LogP contribution in [0.1, 0.15) is 5.56 Å². The van der Waals surface area contributed by atoms with E-state index in [9.17, 15) is 4.39 Å². The molecule has 62 valence electrons. The van der Waals surface area contributed by atoms with Gasteiger partial charge in [0.25, 0.3) is 0 Å². The van der Waals surface area contributed by atoms with E-state index in [4.69, 9.17) is 10.2 Å². The van der Waals surface area contributed by atoms with Crippen molar-refractivity contribution in [2.75, 3.05) is 5.73 Å². The highest BCUT2D eigenvalue weighted by Crippen LogP contribution is 2.26. The van der Waals surface area contributed by atoms with Gasteiger partial charge in [-0.05, 0) is 18.6 Å². The molecule has 0 saturated heterocycles. The van der Waals surface area contributed by atoms with Gasteiger partial charge in [0.2, 0.25) is 0 Å². The van der Waals surface area contributed by atoms with E-state index in [-0.39, 0.29) is 5.58 Å². The second kappa shape index (κ2) is 2.24. The number of nitrogen functional groups attached to an aromatic ring is 1. The number of hydrogen-bond acceptors (Lipinski definition) is 2. The molecule has 0 aliphatic carbocycles. The third kappa shape index (κ3) is 0.794. The Morgan fingerprint density at radius 2 is 2.25 bits per heavy atom. The molecule has 0 bridgehead atoms. The highest BCUT2D eigenvalue weighted by molar-refractivity contribution is 5.85. The van der Waals surface area contributed by atoms with Gasteiger partial charge in [-0.1, -0.05) is 0 Å². The molecule has 0 radical (unpaired) electrons. The quantitative estimate of drug-likeness (QED) is 0.609. The summed E-state index contributed by atoms with van der Waals surface area (Å²) >= 11 is 0. The first-order valence-corrected chi connectivity index (χ1v) is 3.62. The van der Waals surface area contributed by atoms with Gasteiger partial charge in [0.1, 0.15) is 0 Å². The molecule has 0 fully saturated rings. The second-order valence-corrected chi connectivity index (χ2v) is 2.74. The Balaban J connectivity index is 2.97. The molecule has 0 aliphatic rings. The molecule has 1 aromatic carbocycles. The maximum Gasteiger partial charge on any atom is 0.169 e. The zero-order chi connectivity index (χ0) is 8.72. The third-order valence-electron chi connectivity index (χ3n) is 2.00. The van der Waals surface area contributed by atoms with Crippen molar-refractivity contribution in [3.05, 3.63) is 29.8 Å². The largest absolute Gasteiger partial charge is 0.461 e. The van der Waals surface area contributed by atoms with Gasteiger partial charge >= 0.3 is 0 Å². The molecule has 0 spiro atoms. The Morgan fingerprint density at radius 1 is 1.50 bits per heavy atom. The van der Waals surface area contributed by atoms with Crippen LogP contribution in [-0.2, 0) is 0 Å². The van der Waals surface area contributed by atoms with Crippen molar-refractivity contribution >= 4 is 16.7 Å². The summed E-state index contributed by atoms with van der Waals surface area (Å²) in [5.74, 6) is -0.405. The number of aryl methyl sites for hydroxylation is 1. The summed E-state index contributed by atoms with van der Waals surface area (Å²) in [7, 11) is 0. The summed E-state index contributed by atoms with van der Waals surface area (Å²) in [5, 5.41) is 0.743. The molecule has 1 aromatic heterocycles. The lowest BCUT2D eigenvalue weighted by molar-refractivity contribution is 0.560. The number of anilines is 1. The van der Waals surface area contributed by atoms with Crippen LogP contribution in [0.15, 0.2) is 22.8 Å². The highest BCUT2D eigenvalue weighted by Gasteiger charge is 2.08. The van der Waals surface area contributed by atoms with Crippen LogP contribution in [0.4, 0.5) is 10.1 Å². The minimum atomic E-state index is -0.405. The van der Waals surface area contributed by atoms with Crippen molar-refractivity contribution < 1.29 is 8.81 Å². The molecular formula is C9H8FNO. The Hall–Kier alpha value is -1.51. The summed E-state index contributed by atoms with van der Waals surface area (Å²) < 4.78 is 18.0. The Morgan fingerprint density at radius 3 is 3.00 bits per heavy atom. The molecule has 2 N–H and O–H groups in total. The summed E-state index contributed by atoms with van der Waals surface area (Å²) in [6.07, 6.45) is 1.46. The second-order valence-electron chi connectivity index (χ2n) is 2.74. The number of halogens is 1. The Bertz CT molecular complexity index is 433. The maximum atomic E-state index is 13.1. The molecule has 2 nitrogen and oxygen atoms in total. The fraction of sp³-hybridized carbons (Fsp3) is 0.111. The van der Waals surface area contributed by atoms with Gasteiger partial charge in [0.15, 0.2) is 11.4 Å². The summed E-state index contributed by atoms with van der Waals surface area (Å²) in [6.45, 7) is 1.84. The van der Waals surface area contributed by atoms with Crippen LogP contribution < -0.4 is 5.73 Å². The van der Waals surface area contributed by atoms with E-state index < -0.39 is 5.82 Å². The maximum absolute atomic E-state index is 13.1. The highest BCUT2D eigenvalue weighted by atomic mass is 19.1. The number of fused-ring (bicyclic) bond motifs is 1. The molecule has 0 saturated carbocycles. The molecule has 12 heavy (non-hydrogen) atoms. The molecule has 0 aliphatic heterocycles. The molecule has 0 atom stereocenters. The van der Waals surface area contributed by atoms with E-state index in [1.165, 1.54) is 12.3 Å². The summed E-state index contributed by atoms with van der Waals surface area (Å²) in [5.41, 5.74) is 7.16. The van der Waals surface area contributed by atoms with Crippen LogP contribution in [-0.4, -0.2) is 0 Å². The average Bonchev–Trinajstić information content (AvgIpc) is 2.48. The van der Waals surface area contributed by atoms with E-state index in [0.717, 1.165) is 10.9 Å². The fourth-order valence-electron chi connectivity index (χ4n) is 1.26. The molecule has 0 amide bonds. The number of hydrogen-bond donors (Lipinski definition) is 1. The van der Waals surface area contributed by atoms with Gasteiger partial charge in [-0.2, -0.15) is 0 Å². The summed E-state index contributed by atoms with van der Waals surface area (Å²) in [4.78, 5) is 0. The van der Waals surface area contributed by atoms with Gasteiger partial charge in [0, 0.05) is 17.1 Å². The van der Waals surface area contributed by atoms with E-state index in [0.29, 0.717) is 5.69 Å². The van der Waals surface area contributed by atoms with Gasteiger partial charge in [-0.25, -0.2) is 4.39 Å². The summed E-state index contributed by atoms with van der Waals surface area (Å²) in [6, 6.07) is 2.99. The standard InChI is InChI=1S/C9H8FNO/c1-5-6-2-3-12-9(6)7(10)4-8(5)11/h2-4H,11H2,1H3. The van der Waals surface area contributed by atoms with Crippen LogP contribution in [0, 0.1) is 12.7 Å². The SMILES string of the molecule is Cc1c(N)cc(F)c2occc12. The number of furan rings is 1. The van der Waals surface area contributed by atoms with Crippen LogP contribution in [0.25, 0.3) is 11.0 Å². The van der Waals surface area contributed by atoms with Gasteiger partial charge in [0.05, 0.1) is 6.26 Å². The molecule has 3 heteroatoms. The lowest BCUT2D eigenvalue weighted by Crippen LogP contribution is -1.91. The van der Waals surface area contributed by atoms with Crippen molar-refractivity contribution in [2.45, 2.75) is 6.92 Å². The minimum Gasteiger partial charge on any atom is -0.461 e. The molecule has 1 heterocycles. The molecule has 2 aromatic rings. The first-order valence-electron chi connectivity index (χ1n) is 3.62. The lowest BCUT2D eigenvalue weighted by Gasteiger charge is -2.00. The van der Waals surface area contributed by atoms with Crippen molar-refractivity contribution in [1.82, 2.24) is 0 Å². The van der Waals surface area contributed by atoms with Crippen LogP contribution in [0.3, 0.4) is 0 Å². The van der Waals surface area contributed by atoms with E-state index in [1.807, 2.05) is 6.92 Å². The number of nitrogens with two attached hydrogens (primary N) is 1. The smallest absolute Gasteiger partial charge is 0.169 e.